The first-order chi connectivity index (χ1) is 7.86. The van der Waals surface area contributed by atoms with Crippen molar-refractivity contribution in [3.8, 4) is 11.1 Å². The predicted octanol–water partition coefficient (Wildman–Crippen LogP) is 2.21. The van der Waals surface area contributed by atoms with Gasteiger partial charge in [0.15, 0.2) is 5.65 Å². The van der Waals surface area contributed by atoms with E-state index in [9.17, 15) is 0 Å². The molecule has 2 heterocycles. The topological polar surface area (TPSA) is 67.6 Å². The van der Waals surface area contributed by atoms with Crippen LogP contribution in [0.5, 0.6) is 0 Å². The Morgan fingerprint density at radius 3 is 2.69 bits per heavy atom. The zero-order valence-electron chi connectivity index (χ0n) is 8.51. The molecule has 4 nitrogen and oxygen atoms in total. The molecule has 78 valence electrons. The number of hydrogen-bond acceptors (Lipinski definition) is 3. The van der Waals surface area contributed by atoms with Gasteiger partial charge in [-0.05, 0) is 5.56 Å². The zero-order valence-corrected chi connectivity index (χ0v) is 8.51. The molecule has 3 rings (SSSR count). The third-order valence-electron chi connectivity index (χ3n) is 2.58. The van der Waals surface area contributed by atoms with Crippen LogP contribution in [0, 0.1) is 0 Å². The van der Waals surface area contributed by atoms with E-state index in [0.29, 0.717) is 11.3 Å². The number of nitrogen functional groups attached to an aromatic ring is 1. The Bertz CT molecular complexity index is 628. The van der Waals surface area contributed by atoms with Crippen molar-refractivity contribution in [2.75, 3.05) is 5.73 Å². The normalized spacial score (nSPS) is 10.8. The lowest BCUT2D eigenvalue weighted by Crippen LogP contribution is -1.93. The molecule has 0 aliphatic rings. The molecular weight excluding hydrogens is 200 g/mol. The number of pyridine rings is 1. The SMILES string of the molecule is Nc1c(-c2ccccc2)cnc2nc[nH]c12. The van der Waals surface area contributed by atoms with Gasteiger partial charge < -0.3 is 10.7 Å². The number of aromatic amines is 1. The van der Waals surface area contributed by atoms with Gasteiger partial charge in [-0.25, -0.2) is 9.97 Å². The monoisotopic (exact) mass is 210 g/mol. The minimum atomic E-state index is 0.650. The van der Waals surface area contributed by atoms with E-state index in [4.69, 9.17) is 5.73 Å². The Morgan fingerprint density at radius 2 is 1.88 bits per heavy atom. The maximum atomic E-state index is 6.08. The largest absolute Gasteiger partial charge is 0.396 e. The highest BCUT2D eigenvalue weighted by atomic mass is 15.0. The van der Waals surface area contributed by atoms with E-state index in [1.807, 2.05) is 30.3 Å². The van der Waals surface area contributed by atoms with Gasteiger partial charge in [-0.1, -0.05) is 30.3 Å². The third-order valence-corrected chi connectivity index (χ3v) is 2.58. The molecule has 0 unspecified atom stereocenters. The molecule has 4 heteroatoms. The van der Waals surface area contributed by atoms with Crippen LogP contribution in [-0.4, -0.2) is 15.0 Å². The average molecular weight is 210 g/mol. The highest BCUT2D eigenvalue weighted by Crippen LogP contribution is 2.28. The Balaban J connectivity index is 2.28. The second-order valence-corrected chi connectivity index (χ2v) is 3.55. The molecule has 0 saturated heterocycles. The fourth-order valence-corrected chi connectivity index (χ4v) is 1.76. The standard InChI is InChI=1S/C12H10N4/c13-10-9(8-4-2-1-3-5-8)6-14-12-11(10)15-7-16-12/h1-7H,(H3,13,14,15,16). The summed E-state index contributed by atoms with van der Waals surface area (Å²) in [6, 6.07) is 9.95. The number of imidazole rings is 1. The molecule has 0 aliphatic heterocycles. The lowest BCUT2D eigenvalue weighted by atomic mass is 10.1. The number of anilines is 1. The summed E-state index contributed by atoms with van der Waals surface area (Å²) in [4.78, 5) is 11.3. The van der Waals surface area contributed by atoms with E-state index in [-0.39, 0.29) is 0 Å². The van der Waals surface area contributed by atoms with Crippen LogP contribution >= 0.6 is 0 Å². The Morgan fingerprint density at radius 1 is 1.06 bits per heavy atom. The maximum absolute atomic E-state index is 6.08. The van der Waals surface area contributed by atoms with Gasteiger partial charge in [0.2, 0.25) is 0 Å². The van der Waals surface area contributed by atoms with E-state index < -0.39 is 0 Å². The first kappa shape index (κ1) is 8.91. The molecule has 0 spiro atoms. The van der Waals surface area contributed by atoms with Gasteiger partial charge in [-0.3, -0.25) is 0 Å². The van der Waals surface area contributed by atoms with Crippen LogP contribution in [0.3, 0.4) is 0 Å². The first-order valence-electron chi connectivity index (χ1n) is 4.99. The number of benzene rings is 1. The van der Waals surface area contributed by atoms with Gasteiger partial charge >= 0.3 is 0 Å². The first-order valence-corrected chi connectivity index (χ1v) is 4.99. The van der Waals surface area contributed by atoms with E-state index >= 15 is 0 Å². The summed E-state index contributed by atoms with van der Waals surface area (Å²) in [5.41, 5.74) is 10.2. The fourth-order valence-electron chi connectivity index (χ4n) is 1.76. The minimum absolute atomic E-state index is 0.650. The lowest BCUT2D eigenvalue weighted by molar-refractivity contribution is 1.30. The summed E-state index contributed by atoms with van der Waals surface area (Å²) in [5.74, 6) is 0. The van der Waals surface area contributed by atoms with Gasteiger partial charge in [0.25, 0.3) is 0 Å². The smallest absolute Gasteiger partial charge is 0.179 e. The van der Waals surface area contributed by atoms with Gasteiger partial charge in [-0.2, -0.15) is 0 Å². The van der Waals surface area contributed by atoms with Crippen molar-refractivity contribution < 1.29 is 0 Å². The van der Waals surface area contributed by atoms with Crippen molar-refractivity contribution >= 4 is 16.9 Å². The summed E-state index contributed by atoms with van der Waals surface area (Å²) in [6.45, 7) is 0. The number of nitrogens with two attached hydrogens (primary N) is 1. The number of H-pyrrole nitrogens is 1. The molecule has 0 aliphatic carbocycles. The van der Waals surface area contributed by atoms with Crippen LogP contribution in [0.4, 0.5) is 5.69 Å². The maximum Gasteiger partial charge on any atom is 0.179 e. The summed E-state index contributed by atoms with van der Waals surface area (Å²) in [5, 5.41) is 0. The Labute approximate surface area is 92.2 Å². The predicted molar refractivity (Wildman–Crippen MR) is 63.7 cm³/mol. The Kier molecular flexibility index (Phi) is 1.86. The van der Waals surface area contributed by atoms with Gasteiger partial charge in [-0.15, -0.1) is 0 Å². The summed E-state index contributed by atoms with van der Waals surface area (Å²) < 4.78 is 0. The molecular formula is C12H10N4. The molecule has 0 bridgehead atoms. The number of rotatable bonds is 1. The van der Waals surface area contributed by atoms with Crippen LogP contribution in [-0.2, 0) is 0 Å². The van der Waals surface area contributed by atoms with Crippen LogP contribution in [0.2, 0.25) is 0 Å². The molecule has 0 amide bonds. The second-order valence-electron chi connectivity index (χ2n) is 3.55. The van der Waals surface area contributed by atoms with Gasteiger partial charge in [0.1, 0.15) is 5.52 Å². The zero-order chi connectivity index (χ0) is 11.0. The number of nitrogens with one attached hydrogen (secondary N) is 1. The van der Waals surface area contributed by atoms with Crippen LogP contribution in [0.25, 0.3) is 22.3 Å². The van der Waals surface area contributed by atoms with Crippen molar-refractivity contribution in [2.24, 2.45) is 0 Å². The summed E-state index contributed by atoms with van der Waals surface area (Å²) >= 11 is 0. The molecule has 0 radical (unpaired) electrons. The minimum Gasteiger partial charge on any atom is -0.396 e. The number of aromatic nitrogens is 3. The quantitative estimate of drug-likeness (QED) is 0.647. The highest BCUT2D eigenvalue weighted by Gasteiger charge is 2.08. The molecule has 0 saturated carbocycles. The van der Waals surface area contributed by atoms with Crippen LogP contribution < -0.4 is 5.73 Å². The van der Waals surface area contributed by atoms with Crippen molar-refractivity contribution in [2.45, 2.75) is 0 Å². The van der Waals surface area contributed by atoms with Crippen molar-refractivity contribution in [1.82, 2.24) is 15.0 Å². The van der Waals surface area contributed by atoms with E-state index in [1.54, 1.807) is 12.5 Å². The molecule has 2 aromatic heterocycles. The summed E-state index contributed by atoms with van der Waals surface area (Å²) in [7, 11) is 0. The molecule has 3 aromatic rings. The number of fused-ring (bicyclic) bond motifs is 1. The van der Waals surface area contributed by atoms with Crippen LogP contribution in [0.15, 0.2) is 42.9 Å². The van der Waals surface area contributed by atoms with E-state index in [0.717, 1.165) is 16.6 Å². The Hall–Kier alpha value is -2.36. The molecule has 16 heavy (non-hydrogen) atoms. The second kappa shape index (κ2) is 3.34. The van der Waals surface area contributed by atoms with Gasteiger partial charge in [0.05, 0.1) is 12.0 Å². The van der Waals surface area contributed by atoms with Crippen molar-refractivity contribution in [3.05, 3.63) is 42.9 Å². The van der Waals surface area contributed by atoms with Crippen molar-refractivity contribution in [1.29, 1.82) is 0 Å². The highest BCUT2D eigenvalue weighted by molar-refractivity contribution is 5.93. The third kappa shape index (κ3) is 1.24. The lowest BCUT2D eigenvalue weighted by Gasteiger charge is -2.05. The average Bonchev–Trinajstić information content (AvgIpc) is 2.80. The molecule has 0 atom stereocenters. The van der Waals surface area contributed by atoms with E-state index in [2.05, 4.69) is 15.0 Å². The van der Waals surface area contributed by atoms with Crippen molar-refractivity contribution in [3.63, 3.8) is 0 Å². The van der Waals surface area contributed by atoms with Gasteiger partial charge in [0, 0.05) is 11.8 Å². The number of hydrogen-bond donors (Lipinski definition) is 2. The van der Waals surface area contributed by atoms with E-state index in [1.165, 1.54) is 0 Å². The molecule has 0 fully saturated rings. The summed E-state index contributed by atoms with van der Waals surface area (Å²) in [6.07, 6.45) is 3.36. The number of nitrogens with zero attached hydrogens (tertiary/aromatic N) is 2. The molecule has 1 aromatic carbocycles. The fraction of sp³-hybridized carbons (Fsp3) is 0. The molecule has 3 N–H and O–H groups in total. The van der Waals surface area contributed by atoms with Crippen LogP contribution in [0.1, 0.15) is 0 Å².